The number of likely N-dealkylation sites (tertiary alicyclic amines) is 1. The minimum Gasteiger partial charge on any atom is -0.341 e. The van der Waals surface area contributed by atoms with Crippen LogP contribution in [0.4, 0.5) is 5.69 Å². The number of amides is 2. The number of nitrogens with one attached hydrogen (secondary N) is 1. The molecule has 3 aromatic rings. The van der Waals surface area contributed by atoms with E-state index in [2.05, 4.69) is 17.2 Å². The lowest BCUT2D eigenvalue weighted by Crippen LogP contribution is -2.42. The molecular formula is C24H26N4O4S. The first kappa shape index (κ1) is 22.8. The van der Waals surface area contributed by atoms with Gasteiger partial charge in [-0.1, -0.05) is 6.92 Å². The van der Waals surface area contributed by atoms with Gasteiger partial charge >= 0.3 is 0 Å². The van der Waals surface area contributed by atoms with Crippen LogP contribution >= 0.6 is 11.3 Å². The Kier molecular flexibility index (Phi) is 6.42. The van der Waals surface area contributed by atoms with E-state index in [1.165, 1.54) is 17.8 Å². The third-order valence-electron chi connectivity index (χ3n) is 5.99. The Balaban J connectivity index is 1.56. The molecule has 0 aliphatic carbocycles. The molecule has 33 heavy (non-hydrogen) atoms. The molecule has 1 N–H and O–H groups in total. The van der Waals surface area contributed by atoms with Crippen molar-refractivity contribution in [2.24, 2.45) is 5.92 Å². The van der Waals surface area contributed by atoms with Crippen molar-refractivity contribution in [2.45, 2.75) is 40.2 Å². The van der Waals surface area contributed by atoms with Crippen LogP contribution in [0.1, 0.15) is 52.3 Å². The zero-order valence-electron chi connectivity index (χ0n) is 18.9. The molecule has 172 valence electrons. The molecule has 8 nitrogen and oxygen atoms in total. The molecule has 3 heterocycles. The van der Waals surface area contributed by atoms with Gasteiger partial charge in [-0.2, -0.15) is 0 Å². The standard InChI is InChI=1S/C24H26N4O4S/c1-14-5-4-10-27(11-14)19(30)12-28-13-25-23-20(24(28)32)15(2)21(33-23)22(31)26-18-8-6-17(7-9-18)16(3)29/h6-9,13-14H,4-5,10-12H2,1-3H3,(H,26,31)/t14-/m1/s1. The normalized spacial score (nSPS) is 16.1. The molecule has 1 fully saturated rings. The molecule has 1 atom stereocenters. The highest BCUT2D eigenvalue weighted by molar-refractivity contribution is 7.20. The number of anilines is 1. The molecular weight excluding hydrogens is 440 g/mol. The van der Waals surface area contributed by atoms with Gasteiger partial charge < -0.3 is 10.2 Å². The Labute approximate surface area is 195 Å². The van der Waals surface area contributed by atoms with Gasteiger partial charge in [-0.3, -0.25) is 23.7 Å². The van der Waals surface area contributed by atoms with Gasteiger partial charge in [0.25, 0.3) is 11.5 Å². The Morgan fingerprint density at radius 2 is 1.94 bits per heavy atom. The number of hydrogen-bond acceptors (Lipinski definition) is 6. The summed E-state index contributed by atoms with van der Waals surface area (Å²) in [5.41, 5.74) is 1.33. The van der Waals surface area contributed by atoms with Crippen molar-refractivity contribution in [1.29, 1.82) is 0 Å². The van der Waals surface area contributed by atoms with E-state index in [0.717, 1.165) is 24.2 Å². The van der Waals surface area contributed by atoms with Crippen molar-refractivity contribution in [3.8, 4) is 0 Å². The number of ketones is 1. The largest absolute Gasteiger partial charge is 0.341 e. The number of hydrogen-bond donors (Lipinski definition) is 1. The topological polar surface area (TPSA) is 101 Å². The maximum atomic E-state index is 13.1. The molecule has 0 unspecified atom stereocenters. The number of thiophene rings is 1. The molecule has 9 heteroatoms. The van der Waals surface area contributed by atoms with E-state index in [-0.39, 0.29) is 29.7 Å². The van der Waals surface area contributed by atoms with Gasteiger partial charge in [0.15, 0.2) is 5.78 Å². The van der Waals surface area contributed by atoms with Crippen LogP contribution in [0.15, 0.2) is 35.4 Å². The SMILES string of the molecule is CC(=O)c1ccc(NC(=O)c2sc3ncn(CC(=O)N4CCC[C@@H](C)C4)c(=O)c3c2C)cc1. The summed E-state index contributed by atoms with van der Waals surface area (Å²) in [6.45, 7) is 6.68. The predicted octanol–water partition coefficient (Wildman–Crippen LogP) is 3.48. The van der Waals surface area contributed by atoms with E-state index in [9.17, 15) is 19.2 Å². The molecule has 1 saturated heterocycles. The molecule has 1 aliphatic heterocycles. The van der Waals surface area contributed by atoms with Crippen LogP contribution in [0.3, 0.4) is 0 Å². The number of rotatable bonds is 5. The molecule has 0 spiro atoms. The predicted molar refractivity (Wildman–Crippen MR) is 128 cm³/mol. The third kappa shape index (κ3) is 4.73. The third-order valence-corrected chi connectivity index (χ3v) is 7.19. The summed E-state index contributed by atoms with van der Waals surface area (Å²) in [4.78, 5) is 57.2. The monoisotopic (exact) mass is 466 g/mol. The number of carbonyl (C=O) groups excluding carboxylic acids is 3. The van der Waals surface area contributed by atoms with Gasteiger partial charge in [-0.05, 0) is 62.4 Å². The summed E-state index contributed by atoms with van der Waals surface area (Å²) >= 11 is 1.14. The van der Waals surface area contributed by atoms with E-state index in [4.69, 9.17) is 0 Å². The Morgan fingerprint density at radius 1 is 1.21 bits per heavy atom. The number of benzene rings is 1. The Bertz CT molecular complexity index is 1290. The molecule has 0 bridgehead atoms. The van der Waals surface area contributed by atoms with Crippen molar-refractivity contribution in [1.82, 2.24) is 14.5 Å². The minimum absolute atomic E-state index is 0.0520. The number of fused-ring (bicyclic) bond motifs is 1. The molecule has 4 rings (SSSR count). The summed E-state index contributed by atoms with van der Waals surface area (Å²) in [5.74, 6) is -0.0391. The first-order chi connectivity index (χ1) is 15.7. The molecule has 0 radical (unpaired) electrons. The second kappa shape index (κ2) is 9.27. The summed E-state index contributed by atoms with van der Waals surface area (Å²) in [7, 11) is 0. The summed E-state index contributed by atoms with van der Waals surface area (Å²) in [6.07, 6.45) is 3.46. The zero-order valence-corrected chi connectivity index (χ0v) is 19.7. The van der Waals surface area contributed by atoms with Crippen LogP contribution in [0, 0.1) is 12.8 Å². The van der Waals surface area contributed by atoms with Crippen LogP contribution in [0.25, 0.3) is 10.2 Å². The lowest BCUT2D eigenvalue weighted by atomic mass is 10.0. The van der Waals surface area contributed by atoms with Crippen LogP contribution in [-0.4, -0.2) is 45.1 Å². The number of carbonyl (C=O) groups is 3. The maximum Gasteiger partial charge on any atom is 0.266 e. The second-order valence-electron chi connectivity index (χ2n) is 8.59. The number of piperidine rings is 1. The van der Waals surface area contributed by atoms with E-state index in [1.807, 2.05) is 4.90 Å². The molecule has 1 aromatic carbocycles. The highest BCUT2D eigenvalue weighted by Gasteiger charge is 2.23. The van der Waals surface area contributed by atoms with Gasteiger partial charge in [0.1, 0.15) is 11.4 Å². The van der Waals surface area contributed by atoms with Gasteiger partial charge in [-0.25, -0.2) is 4.98 Å². The van der Waals surface area contributed by atoms with Crippen LogP contribution in [-0.2, 0) is 11.3 Å². The highest BCUT2D eigenvalue weighted by atomic mass is 32.1. The number of Topliss-reactive ketones (excluding diaryl/α,β-unsaturated/α-hetero) is 1. The fourth-order valence-corrected chi connectivity index (χ4v) is 5.16. The average Bonchev–Trinajstić information content (AvgIpc) is 3.13. The van der Waals surface area contributed by atoms with Gasteiger partial charge in [0.2, 0.25) is 5.91 Å². The minimum atomic E-state index is -0.351. The summed E-state index contributed by atoms with van der Waals surface area (Å²) in [5, 5.41) is 3.16. The Hall–Kier alpha value is -3.33. The molecule has 0 saturated carbocycles. The quantitative estimate of drug-likeness (QED) is 0.580. The van der Waals surface area contributed by atoms with Crippen molar-refractivity contribution in [3.63, 3.8) is 0 Å². The first-order valence-electron chi connectivity index (χ1n) is 10.9. The number of nitrogens with zero attached hydrogens (tertiary/aromatic N) is 3. The number of aromatic nitrogens is 2. The zero-order chi connectivity index (χ0) is 23.7. The van der Waals surface area contributed by atoms with Crippen molar-refractivity contribution in [2.75, 3.05) is 18.4 Å². The molecule has 2 aromatic heterocycles. The first-order valence-corrected chi connectivity index (χ1v) is 11.7. The second-order valence-corrected chi connectivity index (χ2v) is 9.59. The molecule has 2 amide bonds. The lowest BCUT2D eigenvalue weighted by Gasteiger charge is -2.31. The summed E-state index contributed by atoms with van der Waals surface area (Å²) < 4.78 is 1.33. The number of aryl methyl sites for hydroxylation is 1. The summed E-state index contributed by atoms with van der Waals surface area (Å²) in [6, 6.07) is 6.62. The fraction of sp³-hybridized carbons (Fsp3) is 0.375. The van der Waals surface area contributed by atoms with Crippen molar-refractivity contribution < 1.29 is 14.4 Å². The van der Waals surface area contributed by atoms with Gasteiger partial charge in [-0.15, -0.1) is 11.3 Å². The maximum absolute atomic E-state index is 13.1. The van der Waals surface area contributed by atoms with Crippen LogP contribution in [0.5, 0.6) is 0 Å². The fourth-order valence-electron chi connectivity index (χ4n) is 4.13. The van der Waals surface area contributed by atoms with Crippen LogP contribution in [0.2, 0.25) is 0 Å². The molecule has 1 aliphatic rings. The van der Waals surface area contributed by atoms with E-state index in [0.29, 0.717) is 50.9 Å². The smallest absolute Gasteiger partial charge is 0.266 e. The lowest BCUT2D eigenvalue weighted by molar-refractivity contribution is -0.133. The van der Waals surface area contributed by atoms with E-state index in [1.54, 1.807) is 31.2 Å². The Morgan fingerprint density at radius 3 is 2.61 bits per heavy atom. The van der Waals surface area contributed by atoms with Crippen LogP contribution < -0.4 is 10.9 Å². The van der Waals surface area contributed by atoms with E-state index >= 15 is 0 Å². The highest BCUT2D eigenvalue weighted by Crippen LogP contribution is 2.28. The van der Waals surface area contributed by atoms with Crippen molar-refractivity contribution >= 4 is 44.8 Å². The van der Waals surface area contributed by atoms with Crippen molar-refractivity contribution in [3.05, 3.63) is 57.0 Å². The van der Waals surface area contributed by atoms with E-state index < -0.39 is 0 Å². The van der Waals surface area contributed by atoms with Gasteiger partial charge in [0.05, 0.1) is 16.6 Å². The van der Waals surface area contributed by atoms with Gasteiger partial charge in [0, 0.05) is 24.3 Å². The average molecular weight is 467 g/mol.